The van der Waals surface area contributed by atoms with Gasteiger partial charge in [-0.15, -0.1) is 11.8 Å². The van der Waals surface area contributed by atoms with Gasteiger partial charge in [-0.05, 0) is 24.0 Å². The minimum atomic E-state index is -1.06. The summed E-state index contributed by atoms with van der Waals surface area (Å²) in [6.07, 6.45) is 1.75. The zero-order valence-corrected chi connectivity index (χ0v) is 19.3. The van der Waals surface area contributed by atoms with Crippen molar-refractivity contribution in [2.75, 3.05) is 25.4 Å². The number of anilines is 1. The van der Waals surface area contributed by atoms with Crippen LogP contribution in [0.4, 0.5) is 11.4 Å². The minimum Gasteiger partial charge on any atom is -0.466 e. The van der Waals surface area contributed by atoms with Gasteiger partial charge in [-0.1, -0.05) is 30.3 Å². The number of carbonyl (C=O) groups excluding carboxylic acids is 2. The van der Waals surface area contributed by atoms with Crippen molar-refractivity contribution in [2.24, 2.45) is 5.73 Å². The summed E-state index contributed by atoms with van der Waals surface area (Å²) >= 11 is 1.28. The Morgan fingerprint density at radius 3 is 2.32 bits per heavy atom. The third-order valence-corrected chi connectivity index (χ3v) is 5.96. The summed E-state index contributed by atoms with van der Waals surface area (Å²) < 4.78 is 9.88. The largest absolute Gasteiger partial charge is 0.466 e. The summed E-state index contributed by atoms with van der Waals surface area (Å²) in [5.74, 6) is -3.20. The second-order valence-corrected chi connectivity index (χ2v) is 7.83. The first-order chi connectivity index (χ1) is 16.3. The Morgan fingerprint density at radius 1 is 1.15 bits per heavy atom. The lowest BCUT2D eigenvalue weighted by molar-refractivity contribution is -0.384. The highest BCUT2D eigenvalue weighted by atomic mass is 32.2. The predicted molar refractivity (Wildman–Crippen MR) is 124 cm³/mol. The number of ether oxygens (including phenoxy) is 2. The number of benzene rings is 2. The molecule has 1 aliphatic rings. The quantitative estimate of drug-likeness (QED) is 0.283. The number of thioether (sulfide) groups is 1. The topological polar surface area (TPSA) is 149 Å². The van der Waals surface area contributed by atoms with Crippen molar-refractivity contribution in [2.45, 2.75) is 10.8 Å². The number of hydrogen-bond donors (Lipinski definition) is 1. The lowest BCUT2D eigenvalue weighted by Gasteiger charge is -2.35. The maximum atomic E-state index is 13.0. The molecule has 11 heteroatoms. The Labute approximate surface area is 199 Å². The maximum absolute atomic E-state index is 13.0. The number of rotatable bonds is 6. The smallest absolute Gasteiger partial charge is 0.355 e. The Balaban J connectivity index is 2.47. The Hall–Kier alpha value is -4.30. The number of allylic oxidation sites excluding steroid dienone is 1. The molecular weight excluding hydrogens is 460 g/mol. The van der Waals surface area contributed by atoms with Crippen LogP contribution in [0, 0.1) is 21.4 Å². The summed E-state index contributed by atoms with van der Waals surface area (Å²) in [4.78, 5) is 38.9. The van der Waals surface area contributed by atoms with Gasteiger partial charge in [0.25, 0.3) is 5.69 Å². The van der Waals surface area contributed by atoms with Crippen LogP contribution in [0.2, 0.25) is 0 Å². The summed E-state index contributed by atoms with van der Waals surface area (Å²) in [5, 5.41) is 21.9. The van der Waals surface area contributed by atoms with Gasteiger partial charge in [-0.25, -0.2) is 9.59 Å². The number of carbonyl (C=O) groups is 2. The number of nitrogens with two attached hydrogens (primary N) is 1. The molecule has 10 nitrogen and oxygen atoms in total. The SMILES string of the molecule is COC(=O)C1=C(C(=O)OC)N(c2ccc(SC)cc2[N+](=O)[O-])C(N)=C(C#N)C1c1ccccc1. The molecule has 0 amide bonds. The average Bonchev–Trinajstić information content (AvgIpc) is 2.87. The third-order valence-electron chi connectivity index (χ3n) is 5.23. The number of methoxy groups -OCH3 is 2. The second kappa shape index (κ2) is 10.1. The summed E-state index contributed by atoms with van der Waals surface area (Å²) in [6, 6.07) is 14.8. The van der Waals surface area contributed by atoms with Gasteiger partial charge in [0.1, 0.15) is 17.2 Å². The van der Waals surface area contributed by atoms with Crippen molar-refractivity contribution in [3.8, 4) is 6.07 Å². The molecule has 2 aromatic rings. The number of nitro benzene ring substituents is 1. The zero-order valence-electron chi connectivity index (χ0n) is 18.5. The van der Waals surface area contributed by atoms with Gasteiger partial charge in [-0.3, -0.25) is 15.0 Å². The molecule has 0 fully saturated rings. The van der Waals surface area contributed by atoms with E-state index in [9.17, 15) is 25.0 Å². The van der Waals surface area contributed by atoms with Gasteiger partial charge in [0, 0.05) is 11.0 Å². The fraction of sp³-hybridized carbons (Fsp3) is 0.174. The molecule has 2 N–H and O–H groups in total. The van der Waals surface area contributed by atoms with E-state index in [1.54, 1.807) is 42.7 Å². The molecule has 1 heterocycles. The number of nitrogens with zero attached hydrogens (tertiary/aromatic N) is 3. The van der Waals surface area contributed by atoms with E-state index < -0.39 is 22.8 Å². The molecule has 1 atom stereocenters. The van der Waals surface area contributed by atoms with Crippen molar-refractivity contribution in [1.82, 2.24) is 0 Å². The van der Waals surface area contributed by atoms with E-state index in [4.69, 9.17) is 15.2 Å². The molecule has 0 saturated heterocycles. The lowest BCUT2D eigenvalue weighted by Crippen LogP contribution is -2.41. The van der Waals surface area contributed by atoms with Crippen LogP contribution in [0.25, 0.3) is 0 Å². The number of nitriles is 1. The number of nitro groups is 1. The molecule has 0 aliphatic carbocycles. The van der Waals surface area contributed by atoms with Crippen LogP contribution in [0.5, 0.6) is 0 Å². The molecule has 1 aliphatic heterocycles. The fourth-order valence-corrected chi connectivity index (χ4v) is 4.16. The summed E-state index contributed by atoms with van der Waals surface area (Å²) in [7, 11) is 2.23. The number of hydrogen-bond acceptors (Lipinski definition) is 10. The van der Waals surface area contributed by atoms with Crippen LogP contribution in [-0.2, 0) is 19.1 Å². The Morgan fingerprint density at radius 2 is 1.79 bits per heavy atom. The fourth-order valence-electron chi connectivity index (χ4n) is 3.73. The molecule has 0 spiro atoms. The van der Waals surface area contributed by atoms with Crippen LogP contribution in [0.1, 0.15) is 11.5 Å². The van der Waals surface area contributed by atoms with E-state index in [1.807, 2.05) is 6.07 Å². The van der Waals surface area contributed by atoms with Crippen molar-refractivity contribution in [1.29, 1.82) is 5.26 Å². The first-order valence-corrected chi connectivity index (χ1v) is 11.0. The first kappa shape index (κ1) is 24.3. The third kappa shape index (κ3) is 4.18. The van der Waals surface area contributed by atoms with Crippen molar-refractivity contribution < 1.29 is 24.0 Å². The van der Waals surface area contributed by atoms with Gasteiger partial charge >= 0.3 is 11.9 Å². The molecule has 3 rings (SSSR count). The zero-order chi connectivity index (χ0) is 25.0. The van der Waals surface area contributed by atoms with E-state index in [0.29, 0.717) is 10.5 Å². The van der Waals surface area contributed by atoms with Gasteiger partial charge in [-0.2, -0.15) is 5.26 Å². The Kier molecular flexibility index (Phi) is 7.23. The highest BCUT2D eigenvalue weighted by Gasteiger charge is 2.44. The van der Waals surface area contributed by atoms with Crippen LogP contribution in [0.3, 0.4) is 0 Å². The highest BCUT2D eigenvalue weighted by Crippen LogP contribution is 2.45. The normalized spacial score (nSPS) is 15.6. The van der Waals surface area contributed by atoms with Gasteiger partial charge in [0.2, 0.25) is 0 Å². The summed E-state index contributed by atoms with van der Waals surface area (Å²) in [6.45, 7) is 0. The molecule has 0 saturated carbocycles. The molecule has 0 radical (unpaired) electrons. The van der Waals surface area contributed by atoms with E-state index in [2.05, 4.69) is 0 Å². The first-order valence-electron chi connectivity index (χ1n) is 9.78. The van der Waals surface area contributed by atoms with E-state index in [0.717, 1.165) is 19.1 Å². The van der Waals surface area contributed by atoms with Crippen molar-refractivity contribution in [3.05, 3.63) is 86.9 Å². The maximum Gasteiger partial charge on any atom is 0.355 e. The lowest BCUT2D eigenvalue weighted by atomic mass is 9.81. The molecule has 0 bridgehead atoms. The molecular formula is C23H20N4O6S. The molecule has 1 unspecified atom stereocenters. The van der Waals surface area contributed by atoms with E-state index in [-0.39, 0.29) is 34.0 Å². The molecule has 34 heavy (non-hydrogen) atoms. The predicted octanol–water partition coefficient (Wildman–Crippen LogP) is 3.21. The standard InChI is InChI=1S/C23H20N4O6S/c1-32-22(28)19-18(13-7-5-4-6-8-13)15(12-24)21(25)26(20(19)23(29)33-2)16-10-9-14(34-3)11-17(16)27(30)31/h4-11,18H,25H2,1-3H3. The van der Waals surface area contributed by atoms with Gasteiger partial charge in [0.15, 0.2) is 0 Å². The summed E-state index contributed by atoms with van der Waals surface area (Å²) in [5.41, 5.74) is 5.70. The van der Waals surface area contributed by atoms with E-state index >= 15 is 0 Å². The van der Waals surface area contributed by atoms with Gasteiger partial charge < -0.3 is 15.2 Å². The van der Waals surface area contributed by atoms with Crippen LogP contribution < -0.4 is 10.6 Å². The Bertz CT molecular complexity index is 1270. The van der Waals surface area contributed by atoms with Crippen LogP contribution in [0.15, 0.2) is 76.1 Å². The van der Waals surface area contributed by atoms with Crippen LogP contribution in [-0.4, -0.2) is 37.3 Å². The second-order valence-electron chi connectivity index (χ2n) is 6.95. The molecule has 0 aromatic heterocycles. The average molecular weight is 481 g/mol. The number of esters is 2. The van der Waals surface area contributed by atoms with Crippen molar-refractivity contribution in [3.63, 3.8) is 0 Å². The van der Waals surface area contributed by atoms with Gasteiger partial charge in [0.05, 0.1) is 42.3 Å². The minimum absolute atomic E-state index is 0.0810. The van der Waals surface area contributed by atoms with Crippen LogP contribution >= 0.6 is 11.8 Å². The monoisotopic (exact) mass is 480 g/mol. The molecule has 174 valence electrons. The highest BCUT2D eigenvalue weighted by molar-refractivity contribution is 7.98. The van der Waals surface area contributed by atoms with E-state index in [1.165, 1.54) is 23.9 Å². The van der Waals surface area contributed by atoms with Crippen molar-refractivity contribution >= 4 is 35.1 Å². The molecule has 2 aromatic carbocycles.